The van der Waals surface area contributed by atoms with Crippen molar-refractivity contribution >= 4 is 11.6 Å². The van der Waals surface area contributed by atoms with Crippen LogP contribution in [0.4, 0.5) is 5.69 Å². The topological polar surface area (TPSA) is 52.6 Å². The van der Waals surface area contributed by atoms with Gasteiger partial charge in [0.05, 0.1) is 6.61 Å². The Morgan fingerprint density at radius 3 is 2.83 bits per heavy atom. The van der Waals surface area contributed by atoms with Gasteiger partial charge in [-0.05, 0) is 25.0 Å². The Hall–Kier alpha value is -1.55. The highest BCUT2D eigenvalue weighted by atomic mass is 16.3. The minimum Gasteiger partial charge on any atom is -0.394 e. The first-order valence-electron chi connectivity index (χ1n) is 6.43. The van der Waals surface area contributed by atoms with Crippen LogP contribution in [0.1, 0.15) is 19.4 Å². The molecule has 0 aromatic heterocycles. The van der Waals surface area contributed by atoms with Crippen molar-refractivity contribution in [3.05, 3.63) is 29.8 Å². The summed E-state index contributed by atoms with van der Waals surface area (Å²) >= 11 is 0. The average Bonchev–Trinajstić information content (AvgIpc) is 2.38. The molecule has 18 heavy (non-hydrogen) atoms. The van der Waals surface area contributed by atoms with E-state index in [2.05, 4.69) is 18.3 Å². The van der Waals surface area contributed by atoms with E-state index in [0.717, 1.165) is 18.7 Å². The van der Waals surface area contributed by atoms with E-state index in [1.54, 1.807) is 0 Å². The van der Waals surface area contributed by atoms with Crippen molar-refractivity contribution in [1.82, 2.24) is 5.32 Å². The fourth-order valence-electron chi connectivity index (χ4n) is 2.49. The maximum atomic E-state index is 11.9. The lowest BCUT2D eigenvalue weighted by molar-refractivity contribution is -0.125. The second kappa shape index (κ2) is 5.40. The highest BCUT2D eigenvalue weighted by Crippen LogP contribution is 2.25. The van der Waals surface area contributed by atoms with Crippen LogP contribution < -0.4 is 10.2 Å². The van der Waals surface area contributed by atoms with Gasteiger partial charge in [0.1, 0.15) is 6.04 Å². The molecule has 4 heteroatoms. The van der Waals surface area contributed by atoms with E-state index in [1.165, 1.54) is 5.56 Å². The first-order chi connectivity index (χ1) is 8.67. The molecule has 4 nitrogen and oxygen atoms in total. The SMILES string of the molecule is CCc1ccccc1N1CC(C)NC(=O)C1CO. The first kappa shape index (κ1) is 12.9. The zero-order chi connectivity index (χ0) is 13.1. The van der Waals surface area contributed by atoms with Gasteiger partial charge in [-0.15, -0.1) is 0 Å². The van der Waals surface area contributed by atoms with E-state index in [1.807, 2.05) is 30.0 Å². The molecule has 0 saturated carbocycles. The third kappa shape index (κ3) is 2.34. The summed E-state index contributed by atoms with van der Waals surface area (Å²) in [6.07, 6.45) is 0.917. The Bertz CT molecular complexity index is 434. The number of nitrogens with zero attached hydrogens (tertiary/aromatic N) is 1. The summed E-state index contributed by atoms with van der Waals surface area (Å²) in [5.41, 5.74) is 2.26. The standard InChI is InChI=1S/C14H20N2O2/c1-3-11-6-4-5-7-12(11)16-8-10(2)15-14(18)13(16)9-17/h4-7,10,13,17H,3,8-9H2,1-2H3,(H,15,18). The molecule has 1 aliphatic rings. The highest BCUT2D eigenvalue weighted by Gasteiger charge is 2.33. The van der Waals surface area contributed by atoms with Crippen LogP contribution >= 0.6 is 0 Å². The number of carbonyl (C=O) groups is 1. The lowest BCUT2D eigenvalue weighted by Gasteiger charge is -2.39. The van der Waals surface area contributed by atoms with Gasteiger partial charge < -0.3 is 15.3 Å². The molecule has 0 bridgehead atoms. The molecule has 1 fully saturated rings. The van der Waals surface area contributed by atoms with E-state index >= 15 is 0 Å². The van der Waals surface area contributed by atoms with Crippen molar-refractivity contribution in [3.63, 3.8) is 0 Å². The molecule has 1 saturated heterocycles. The number of piperazine rings is 1. The van der Waals surface area contributed by atoms with E-state index in [0.29, 0.717) is 0 Å². The number of benzene rings is 1. The second-order valence-electron chi connectivity index (χ2n) is 4.74. The second-order valence-corrected chi connectivity index (χ2v) is 4.74. The average molecular weight is 248 g/mol. The molecular weight excluding hydrogens is 228 g/mol. The predicted octanol–water partition coefficient (Wildman–Crippen LogP) is 0.935. The largest absolute Gasteiger partial charge is 0.394 e. The normalized spacial score (nSPS) is 23.9. The number of amides is 1. The number of aryl methyl sites for hydroxylation is 1. The minimum atomic E-state index is -0.478. The number of aliphatic hydroxyl groups excluding tert-OH is 1. The van der Waals surface area contributed by atoms with Gasteiger partial charge in [0.15, 0.2) is 0 Å². The summed E-state index contributed by atoms with van der Waals surface area (Å²) in [5, 5.41) is 12.3. The predicted molar refractivity (Wildman–Crippen MR) is 71.6 cm³/mol. The molecule has 1 amide bonds. The highest BCUT2D eigenvalue weighted by molar-refractivity contribution is 5.87. The summed E-state index contributed by atoms with van der Waals surface area (Å²) in [4.78, 5) is 13.9. The Balaban J connectivity index is 2.36. The molecule has 2 rings (SSSR count). The van der Waals surface area contributed by atoms with E-state index in [9.17, 15) is 9.90 Å². The Labute approximate surface area is 108 Å². The van der Waals surface area contributed by atoms with E-state index in [4.69, 9.17) is 0 Å². The number of hydrogen-bond donors (Lipinski definition) is 2. The van der Waals surface area contributed by atoms with Gasteiger partial charge in [0.2, 0.25) is 5.91 Å². The Morgan fingerprint density at radius 1 is 1.44 bits per heavy atom. The number of rotatable bonds is 3. The van der Waals surface area contributed by atoms with Gasteiger partial charge in [0, 0.05) is 18.3 Å². The first-order valence-corrected chi connectivity index (χ1v) is 6.43. The molecule has 2 unspecified atom stereocenters. The van der Waals surface area contributed by atoms with Crippen molar-refractivity contribution < 1.29 is 9.90 Å². The fraction of sp³-hybridized carbons (Fsp3) is 0.500. The van der Waals surface area contributed by atoms with Gasteiger partial charge in [-0.1, -0.05) is 25.1 Å². The number of hydrogen-bond acceptors (Lipinski definition) is 3. The summed E-state index contributed by atoms with van der Waals surface area (Å²) in [6, 6.07) is 7.69. The van der Waals surface area contributed by atoms with Crippen molar-refractivity contribution in [2.75, 3.05) is 18.1 Å². The summed E-state index contributed by atoms with van der Waals surface area (Å²) in [6.45, 7) is 4.65. The Kier molecular flexibility index (Phi) is 3.87. The van der Waals surface area contributed by atoms with Crippen LogP contribution in [0.3, 0.4) is 0 Å². The van der Waals surface area contributed by atoms with Gasteiger partial charge >= 0.3 is 0 Å². The molecular formula is C14H20N2O2. The van der Waals surface area contributed by atoms with Gasteiger partial charge in [-0.2, -0.15) is 0 Å². The zero-order valence-electron chi connectivity index (χ0n) is 10.9. The van der Waals surface area contributed by atoms with Crippen LogP contribution in [0.25, 0.3) is 0 Å². The molecule has 1 aromatic rings. The van der Waals surface area contributed by atoms with Crippen molar-refractivity contribution in [1.29, 1.82) is 0 Å². The monoisotopic (exact) mass is 248 g/mol. The maximum Gasteiger partial charge on any atom is 0.245 e. The van der Waals surface area contributed by atoms with Gasteiger partial charge in [0.25, 0.3) is 0 Å². The third-order valence-corrected chi connectivity index (χ3v) is 3.39. The van der Waals surface area contributed by atoms with Crippen molar-refractivity contribution in [2.24, 2.45) is 0 Å². The van der Waals surface area contributed by atoms with Crippen LogP contribution in [0.2, 0.25) is 0 Å². The van der Waals surface area contributed by atoms with Crippen LogP contribution in [-0.4, -0.2) is 36.2 Å². The summed E-state index contributed by atoms with van der Waals surface area (Å²) < 4.78 is 0. The maximum absolute atomic E-state index is 11.9. The number of aliphatic hydroxyl groups is 1. The molecule has 2 N–H and O–H groups in total. The summed E-state index contributed by atoms with van der Waals surface area (Å²) in [5.74, 6) is -0.0952. The molecule has 0 radical (unpaired) electrons. The number of nitrogens with one attached hydrogen (secondary N) is 1. The summed E-state index contributed by atoms with van der Waals surface area (Å²) in [7, 11) is 0. The third-order valence-electron chi connectivity index (χ3n) is 3.39. The molecule has 1 aromatic carbocycles. The minimum absolute atomic E-state index is 0.0952. The molecule has 2 atom stereocenters. The van der Waals surface area contributed by atoms with Crippen LogP contribution in [0, 0.1) is 0 Å². The molecule has 1 heterocycles. The molecule has 1 aliphatic heterocycles. The van der Waals surface area contributed by atoms with E-state index in [-0.39, 0.29) is 18.6 Å². The lowest BCUT2D eigenvalue weighted by Crippen LogP contribution is -2.60. The number of carbonyl (C=O) groups excluding carboxylic acids is 1. The number of para-hydroxylation sites is 1. The Morgan fingerprint density at radius 2 is 2.17 bits per heavy atom. The zero-order valence-corrected chi connectivity index (χ0v) is 10.9. The van der Waals surface area contributed by atoms with Gasteiger partial charge in [-0.3, -0.25) is 4.79 Å². The molecule has 0 spiro atoms. The van der Waals surface area contributed by atoms with Crippen molar-refractivity contribution in [3.8, 4) is 0 Å². The quantitative estimate of drug-likeness (QED) is 0.837. The van der Waals surface area contributed by atoms with Crippen molar-refractivity contribution in [2.45, 2.75) is 32.4 Å². The molecule has 0 aliphatic carbocycles. The van der Waals surface area contributed by atoms with E-state index < -0.39 is 6.04 Å². The fourth-order valence-corrected chi connectivity index (χ4v) is 2.49. The smallest absolute Gasteiger partial charge is 0.245 e. The van der Waals surface area contributed by atoms with Gasteiger partial charge in [-0.25, -0.2) is 0 Å². The van der Waals surface area contributed by atoms with Crippen LogP contribution in [0.15, 0.2) is 24.3 Å². The molecule has 98 valence electrons. The van der Waals surface area contributed by atoms with Crippen LogP contribution in [-0.2, 0) is 11.2 Å². The number of anilines is 1. The van der Waals surface area contributed by atoms with Crippen LogP contribution in [0.5, 0.6) is 0 Å². The lowest BCUT2D eigenvalue weighted by atomic mass is 10.0.